The van der Waals surface area contributed by atoms with E-state index in [0.29, 0.717) is 24.6 Å². The Kier molecular flexibility index (Phi) is 5.20. The second-order valence-electron chi connectivity index (χ2n) is 6.76. The van der Waals surface area contributed by atoms with Gasteiger partial charge in [0.05, 0.1) is 46.5 Å². The Morgan fingerprint density at radius 3 is 2.28 bits per heavy atom. The molecule has 0 atom stereocenters. The molecule has 1 fully saturated rings. The molecule has 1 aromatic carbocycles. The van der Waals surface area contributed by atoms with Gasteiger partial charge in [-0.2, -0.15) is 26.3 Å². The van der Waals surface area contributed by atoms with E-state index in [1.165, 1.54) is 18.3 Å². The van der Waals surface area contributed by atoms with E-state index < -0.39 is 34.7 Å². The third kappa shape index (κ3) is 4.97. The minimum atomic E-state index is -4.98. The molecule has 156 valence electrons. The number of alkyl halides is 6. The number of pyridine rings is 1. The number of anilines is 2. The normalized spacial score (nSPS) is 15.7. The lowest BCUT2D eigenvalue weighted by molar-refractivity contribution is -0.142. The smallest absolute Gasteiger partial charge is 0.354 e. The van der Waals surface area contributed by atoms with Gasteiger partial charge in [-0.1, -0.05) is 0 Å². The number of aromatic nitrogens is 1. The molecule has 1 amide bonds. The van der Waals surface area contributed by atoms with Crippen LogP contribution in [0.25, 0.3) is 0 Å². The number of carbonyl (C=O) groups excluding carboxylic acids is 1. The van der Waals surface area contributed by atoms with Crippen LogP contribution in [0.5, 0.6) is 0 Å². The van der Waals surface area contributed by atoms with Crippen molar-refractivity contribution in [2.75, 3.05) is 5.32 Å². The van der Waals surface area contributed by atoms with Gasteiger partial charge in [0.15, 0.2) is 0 Å². The highest BCUT2D eigenvalue weighted by atomic mass is 19.4. The number of nitrogens with one attached hydrogen (secondary N) is 2. The van der Waals surface area contributed by atoms with Gasteiger partial charge in [-0.05, 0) is 43.2 Å². The lowest BCUT2D eigenvalue weighted by atomic mass is 10.1. The summed E-state index contributed by atoms with van der Waals surface area (Å²) in [6, 6.07) is 4.21. The van der Waals surface area contributed by atoms with Crippen molar-refractivity contribution >= 4 is 17.3 Å². The molecule has 1 aliphatic carbocycles. The number of halogens is 6. The number of amides is 1. The third-order valence-electron chi connectivity index (χ3n) is 4.43. The van der Waals surface area contributed by atoms with Gasteiger partial charge in [0.2, 0.25) is 5.91 Å². The van der Waals surface area contributed by atoms with Crippen molar-refractivity contribution in [3.63, 3.8) is 0 Å². The van der Waals surface area contributed by atoms with Gasteiger partial charge in [0.1, 0.15) is 0 Å². The van der Waals surface area contributed by atoms with Crippen molar-refractivity contribution in [1.29, 1.82) is 0 Å². The van der Waals surface area contributed by atoms with Crippen molar-refractivity contribution in [2.24, 2.45) is 5.73 Å². The zero-order chi connectivity index (χ0) is 21.4. The molecule has 1 aromatic heterocycles. The minimum Gasteiger partial charge on any atom is -0.354 e. The Hall–Kier alpha value is -2.82. The van der Waals surface area contributed by atoms with Gasteiger partial charge in [0.25, 0.3) is 0 Å². The summed E-state index contributed by atoms with van der Waals surface area (Å²) in [5.41, 5.74) is 2.12. The fraction of sp³-hybridized carbons (Fsp3) is 0.333. The molecule has 2 aromatic rings. The first-order valence-electron chi connectivity index (χ1n) is 8.46. The monoisotopic (exact) mass is 418 g/mol. The molecule has 1 aliphatic rings. The van der Waals surface area contributed by atoms with Gasteiger partial charge in [-0.25, -0.2) is 0 Å². The third-order valence-corrected chi connectivity index (χ3v) is 4.43. The molecule has 5 nitrogen and oxygen atoms in total. The predicted octanol–water partition coefficient (Wildman–Crippen LogP) is 3.97. The molecule has 3 rings (SSSR count). The van der Waals surface area contributed by atoms with E-state index in [1.54, 1.807) is 0 Å². The summed E-state index contributed by atoms with van der Waals surface area (Å²) in [5, 5.41) is 5.04. The average molecular weight is 418 g/mol. The molecule has 4 N–H and O–H groups in total. The van der Waals surface area contributed by atoms with E-state index in [0.717, 1.165) is 6.07 Å². The van der Waals surface area contributed by atoms with Crippen molar-refractivity contribution in [3.8, 4) is 0 Å². The predicted molar refractivity (Wildman–Crippen MR) is 92.0 cm³/mol. The summed E-state index contributed by atoms with van der Waals surface area (Å²) in [4.78, 5) is 15.8. The summed E-state index contributed by atoms with van der Waals surface area (Å²) in [7, 11) is 0. The average Bonchev–Trinajstić information content (AvgIpc) is 3.38. The summed E-state index contributed by atoms with van der Waals surface area (Å²) in [6.07, 6.45) is -7.46. The van der Waals surface area contributed by atoms with Crippen LogP contribution in [0.3, 0.4) is 0 Å². The topological polar surface area (TPSA) is 80.0 Å². The Morgan fingerprint density at radius 2 is 1.76 bits per heavy atom. The first-order chi connectivity index (χ1) is 13.4. The summed E-state index contributed by atoms with van der Waals surface area (Å²) in [6.45, 7) is 0.0894. The van der Waals surface area contributed by atoms with Crippen LogP contribution in [0.2, 0.25) is 0 Å². The lowest BCUT2D eigenvalue weighted by Gasteiger charge is -2.17. The van der Waals surface area contributed by atoms with E-state index >= 15 is 0 Å². The van der Waals surface area contributed by atoms with Crippen LogP contribution in [-0.4, -0.2) is 16.4 Å². The molecule has 29 heavy (non-hydrogen) atoms. The van der Waals surface area contributed by atoms with Crippen LogP contribution in [0.15, 0.2) is 36.5 Å². The quantitative estimate of drug-likeness (QED) is 0.642. The molecular formula is C18H16F6N4O. The second-order valence-corrected chi connectivity index (χ2v) is 6.76. The zero-order valence-electron chi connectivity index (χ0n) is 14.8. The van der Waals surface area contributed by atoms with E-state index in [4.69, 9.17) is 5.73 Å². The summed E-state index contributed by atoms with van der Waals surface area (Å²) in [5.74, 6) is -0.305. The summed E-state index contributed by atoms with van der Waals surface area (Å²) < 4.78 is 77.8. The molecule has 0 unspecified atom stereocenters. The number of nitrogens with zero attached hydrogens (tertiary/aromatic N) is 1. The number of hydrogen-bond acceptors (Lipinski definition) is 4. The van der Waals surface area contributed by atoms with Crippen LogP contribution in [-0.2, 0) is 23.7 Å². The van der Waals surface area contributed by atoms with E-state index in [-0.39, 0.29) is 24.2 Å². The van der Waals surface area contributed by atoms with Crippen LogP contribution < -0.4 is 16.4 Å². The second kappa shape index (κ2) is 7.21. The van der Waals surface area contributed by atoms with Crippen molar-refractivity contribution in [2.45, 2.75) is 37.3 Å². The molecular weight excluding hydrogens is 402 g/mol. The van der Waals surface area contributed by atoms with Crippen molar-refractivity contribution in [1.82, 2.24) is 10.3 Å². The van der Waals surface area contributed by atoms with E-state index in [1.807, 2.05) is 0 Å². The number of carbonyl (C=O) groups is 1. The molecule has 0 saturated heterocycles. The SMILES string of the molecule is NC1(C(=O)NCc2ccc(Nc3ccc(C(F)(F)F)cc3C(F)(F)F)cn2)CC1. The molecule has 1 saturated carbocycles. The van der Waals surface area contributed by atoms with Crippen molar-refractivity contribution < 1.29 is 31.1 Å². The van der Waals surface area contributed by atoms with Crippen LogP contribution in [0, 0.1) is 0 Å². The molecule has 0 radical (unpaired) electrons. The van der Waals surface area contributed by atoms with E-state index in [2.05, 4.69) is 15.6 Å². The minimum absolute atomic E-state index is 0.0558. The number of rotatable bonds is 5. The largest absolute Gasteiger partial charge is 0.418 e. The highest BCUT2D eigenvalue weighted by molar-refractivity contribution is 5.88. The Bertz CT molecular complexity index is 904. The number of nitrogens with two attached hydrogens (primary N) is 1. The fourth-order valence-electron chi connectivity index (χ4n) is 2.53. The first kappa shape index (κ1) is 20.9. The van der Waals surface area contributed by atoms with Gasteiger partial charge in [0, 0.05) is 0 Å². The molecule has 1 heterocycles. The van der Waals surface area contributed by atoms with E-state index in [9.17, 15) is 31.1 Å². The van der Waals surface area contributed by atoms with Gasteiger partial charge in [-0.15, -0.1) is 0 Å². The van der Waals surface area contributed by atoms with Gasteiger partial charge in [-0.3, -0.25) is 9.78 Å². The fourth-order valence-corrected chi connectivity index (χ4v) is 2.53. The zero-order valence-corrected chi connectivity index (χ0v) is 14.8. The number of benzene rings is 1. The Balaban J connectivity index is 1.73. The van der Waals surface area contributed by atoms with Gasteiger partial charge >= 0.3 is 12.4 Å². The standard InChI is InChI=1S/C18H16F6N4O/c19-17(20,21)10-1-4-14(13(7-10)18(22,23)24)28-12-3-2-11(26-9-12)8-27-15(29)16(25)5-6-16/h1-4,7,9,28H,5-6,8,25H2,(H,27,29). The molecule has 11 heteroatoms. The lowest BCUT2D eigenvalue weighted by Crippen LogP contribution is -2.42. The van der Waals surface area contributed by atoms with Crippen LogP contribution in [0.1, 0.15) is 29.7 Å². The van der Waals surface area contributed by atoms with Gasteiger partial charge < -0.3 is 16.4 Å². The maximum Gasteiger partial charge on any atom is 0.418 e. The van der Waals surface area contributed by atoms with Crippen LogP contribution >= 0.6 is 0 Å². The molecule has 0 aliphatic heterocycles. The first-order valence-corrected chi connectivity index (χ1v) is 8.46. The highest BCUT2D eigenvalue weighted by Gasteiger charge is 2.45. The Morgan fingerprint density at radius 1 is 1.07 bits per heavy atom. The highest BCUT2D eigenvalue weighted by Crippen LogP contribution is 2.40. The Labute approximate surface area is 161 Å². The molecule has 0 spiro atoms. The molecule has 0 bridgehead atoms. The summed E-state index contributed by atoms with van der Waals surface area (Å²) >= 11 is 0. The van der Waals surface area contributed by atoms with Crippen LogP contribution in [0.4, 0.5) is 37.7 Å². The number of hydrogen-bond donors (Lipinski definition) is 3. The van der Waals surface area contributed by atoms with Crippen molar-refractivity contribution in [3.05, 3.63) is 53.3 Å². The maximum absolute atomic E-state index is 13.2. The maximum atomic E-state index is 13.2.